The third kappa shape index (κ3) is 5.02. The van der Waals surface area contributed by atoms with Gasteiger partial charge in [-0.3, -0.25) is 0 Å². The number of hydrogen-bond acceptors (Lipinski definition) is 3. The summed E-state index contributed by atoms with van der Waals surface area (Å²) in [4.78, 5) is 0. The summed E-state index contributed by atoms with van der Waals surface area (Å²) in [5.74, 6) is 2.33. The Labute approximate surface area is 306 Å². The van der Waals surface area contributed by atoms with Crippen LogP contribution in [-0.4, -0.2) is 25.7 Å². The zero-order chi connectivity index (χ0) is 34.4. The molecule has 0 aromatic heterocycles. The number of anilines is 2. The fourth-order valence-electron chi connectivity index (χ4n) is 8.51. The average molecular weight is 661 g/mol. The van der Waals surface area contributed by atoms with Crippen LogP contribution in [0.4, 0.5) is 11.4 Å². The van der Waals surface area contributed by atoms with Crippen LogP contribution in [0.25, 0.3) is 43.4 Å². The van der Waals surface area contributed by atoms with Gasteiger partial charge in [0.15, 0.2) is 0 Å². The van der Waals surface area contributed by atoms with Gasteiger partial charge in [-0.25, -0.2) is 0 Å². The van der Waals surface area contributed by atoms with Crippen molar-refractivity contribution < 1.29 is 0 Å². The number of fused-ring (bicyclic) bond motifs is 7. The topological polar surface area (TPSA) is 9.72 Å². The largest absolute Gasteiger partial charge is 0.423 e. The highest BCUT2D eigenvalue weighted by molar-refractivity contribution is 7.08. The molecule has 0 spiro atoms. The van der Waals surface area contributed by atoms with Gasteiger partial charge in [0.05, 0.1) is 0 Å². The van der Waals surface area contributed by atoms with Crippen molar-refractivity contribution in [2.75, 3.05) is 9.44 Å². The molecule has 3 nitrogen and oxygen atoms in total. The lowest BCUT2D eigenvalue weighted by atomic mass is 9.38. The molecule has 0 amide bonds. The molecule has 8 aromatic rings. The third-order valence-electron chi connectivity index (χ3n) is 10.8. The fourth-order valence-corrected chi connectivity index (χ4v) is 8.51. The van der Waals surface area contributed by atoms with Crippen LogP contribution in [0.1, 0.15) is 0 Å². The van der Waals surface area contributed by atoms with Crippen molar-refractivity contribution >= 4 is 75.6 Å². The molecule has 0 radical (unpaired) electrons. The summed E-state index contributed by atoms with van der Waals surface area (Å²) in [6.45, 7) is -0.122. The summed E-state index contributed by atoms with van der Waals surface area (Å²) >= 11 is 0. The predicted molar refractivity (Wildman–Crippen MR) is 225 cm³/mol. The van der Waals surface area contributed by atoms with Gasteiger partial charge in [-0.1, -0.05) is 164 Å². The number of allylic oxidation sites excluding steroid dienone is 2. The van der Waals surface area contributed by atoms with Gasteiger partial charge in [0.2, 0.25) is 0 Å². The standard InChI is InChI=1S/C46H34B3N3/c1-4-16-37(17-5-1)48-50-33-15-14-32-47(50)51(39-20-8-3-9-21-39)49(38-18-6-2-7-19-38)52(48)40-29-26-35(27-30-40)36-28-31-45-43-24-11-10-22-41(43)42-23-12-13-25-44(42)46(45)34-36/h1-34H. The molecule has 8 aromatic carbocycles. The fraction of sp³-hybridized carbons (Fsp3) is 0. The van der Waals surface area contributed by atoms with E-state index in [1.807, 2.05) is 0 Å². The Kier molecular flexibility index (Phi) is 7.46. The molecule has 0 atom stereocenters. The predicted octanol–water partition coefficient (Wildman–Crippen LogP) is 9.34. The van der Waals surface area contributed by atoms with E-state index in [4.69, 9.17) is 0 Å². The maximum absolute atomic E-state index is 2.60. The molecule has 1 fully saturated rings. The van der Waals surface area contributed by atoms with E-state index in [1.54, 1.807) is 0 Å². The molecule has 0 saturated carbocycles. The van der Waals surface area contributed by atoms with Crippen molar-refractivity contribution in [1.29, 1.82) is 0 Å². The van der Waals surface area contributed by atoms with E-state index in [2.05, 4.69) is 220 Å². The molecule has 0 aliphatic carbocycles. The molecule has 0 N–H and O–H groups in total. The molecule has 10 rings (SSSR count). The van der Waals surface area contributed by atoms with E-state index in [1.165, 1.54) is 60.1 Å². The normalized spacial score (nSPS) is 14.2. The van der Waals surface area contributed by atoms with Crippen LogP contribution in [0.5, 0.6) is 0 Å². The van der Waals surface area contributed by atoms with Gasteiger partial charge in [-0.05, 0) is 97.0 Å². The Morgan fingerprint density at radius 2 is 0.827 bits per heavy atom. The van der Waals surface area contributed by atoms with Crippen LogP contribution in [-0.2, 0) is 0 Å². The summed E-state index contributed by atoms with van der Waals surface area (Å²) in [5, 5.41) is 7.76. The highest BCUT2D eigenvalue weighted by Gasteiger charge is 2.53. The molecule has 2 heterocycles. The molecule has 2 aliphatic heterocycles. The Morgan fingerprint density at radius 3 is 1.44 bits per heavy atom. The Bertz CT molecular complexity index is 2580. The highest BCUT2D eigenvalue weighted by Crippen LogP contribution is 2.38. The molecule has 0 unspecified atom stereocenters. The first-order chi connectivity index (χ1) is 25.8. The lowest BCUT2D eigenvalue weighted by Crippen LogP contribution is -2.82. The minimum Gasteiger partial charge on any atom is -0.423 e. The maximum atomic E-state index is 2.60. The lowest BCUT2D eigenvalue weighted by molar-refractivity contribution is 0.864. The second kappa shape index (κ2) is 12.7. The van der Waals surface area contributed by atoms with Crippen LogP contribution in [0, 0.1) is 0 Å². The molecule has 1 saturated heterocycles. The highest BCUT2D eigenvalue weighted by atomic mass is 15.3. The van der Waals surface area contributed by atoms with Crippen LogP contribution in [0.15, 0.2) is 206 Å². The van der Waals surface area contributed by atoms with E-state index in [9.17, 15) is 0 Å². The van der Waals surface area contributed by atoms with E-state index < -0.39 is 0 Å². The first-order valence-electron chi connectivity index (χ1n) is 18.1. The molecule has 2 aliphatic rings. The van der Waals surface area contributed by atoms with Crippen LogP contribution in [0.2, 0.25) is 0 Å². The van der Waals surface area contributed by atoms with E-state index in [0.717, 1.165) is 5.69 Å². The van der Waals surface area contributed by atoms with Gasteiger partial charge in [0, 0.05) is 11.4 Å². The van der Waals surface area contributed by atoms with Crippen molar-refractivity contribution in [2.45, 2.75) is 0 Å². The van der Waals surface area contributed by atoms with E-state index in [-0.39, 0.29) is 20.9 Å². The van der Waals surface area contributed by atoms with Gasteiger partial charge in [-0.2, -0.15) is 0 Å². The number of benzene rings is 8. The second-order valence-corrected chi connectivity index (χ2v) is 13.7. The first-order valence-corrected chi connectivity index (χ1v) is 18.1. The van der Waals surface area contributed by atoms with Gasteiger partial charge < -0.3 is 14.2 Å². The molecule has 0 bridgehead atoms. The number of nitrogens with zero attached hydrogens (tertiary/aromatic N) is 3. The third-order valence-corrected chi connectivity index (χ3v) is 10.8. The minimum atomic E-state index is -0.0858. The lowest BCUT2D eigenvalue weighted by Gasteiger charge is -2.55. The molecule has 52 heavy (non-hydrogen) atoms. The van der Waals surface area contributed by atoms with Crippen molar-refractivity contribution in [3.63, 3.8) is 0 Å². The Hall–Kier alpha value is -6.39. The van der Waals surface area contributed by atoms with Gasteiger partial charge >= 0.3 is 20.9 Å². The van der Waals surface area contributed by atoms with Crippen LogP contribution >= 0.6 is 0 Å². The number of para-hydroxylation sites is 1. The summed E-state index contributed by atoms with van der Waals surface area (Å²) < 4.78 is 7.65. The van der Waals surface area contributed by atoms with Crippen molar-refractivity contribution in [3.05, 3.63) is 206 Å². The minimum absolute atomic E-state index is 0.0156. The zero-order valence-corrected chi connectivity index (χ0v) is 28.7. The molecule has 242 valence electrons. The monoisotopic (exact) mass is 661 g/mol. The number of rotatable bonds is 5. The van der Waals surface area contributed by atoms with E-state index >= 15 is 0 Å². The quantitative estimate of drug-likeness (QED) is 0.135. The summed E-state index contributed by atoms with van der Waals surface area (Å²) in [6, 6.07) is 66.5. The molecular formula is C46H34B3N3. The second-order valence-electron chi connectivity index (χ2n) is 13.7. The van der Waals surface area contributed by atoms with Gasteiger partial charge in [0.25, 0.3) is 0 Å². The Morgan fingerprint density at radius 1 is 0.346 bits per heavy atom. The van der Waals surface area contributed by atoms with Crippen LogP contribution < -0.4 is 20.4 Å². The van der Waals surface area contributed by atoms with Crippen molar-refractivity contribution in [3.8, 4) is 11.1 Å². The maximum Gasteiger partial charge on any atom is 0.388 e. The average Bonchev–Trinajstić information content (AvgIpc) is 3.23. The SMILES string of the molecule is C1=CB2N(C=C1)B(c1ccccc1)N(c1ccc(-c3ccc4c5ccccc5c5ccccc5c4c3)cc1)B(c1ccccc1)N2c1ccccc1. The molecule has 6 heteroatoms. The number of hydrogen-bond donors (Lipinski definition) is 0. The van der Waals surface area contributed by atoms with Gasteiger partial charge in [-0.15, -0.1) is 0 Å². The van der Waals surface area contributed by atoms with Crippen LogP contribution in [0.3, 0.4) is 0 Å². The first kappa shape index (κ1) is 30.4. The zero-order valence-electron chi connectivity index (χ0n) is 28.7. The summed E-state index contributed by atoms with van der Waals surface area (Å²) in [7, 11) is 0. The van der Waals surface area contributed by atoms with Gasteiger partial charge in [0.1, 0.15) is 0 Å². The van der Waals surface area contributed by atoms with Crippen molar-refractivity contribution in [2.24, 2.45) is 0 Å². The summed E-state index contributed by atoms with van der Waals surface area (Å²) in [6.07, 6.45) is 6.59. The van der Waals surface area contributed by atoms with Crippen molar-refractivity contribution in [1.82, 2.24) is 4.72 Å². The summed E-state index contributed by atoms with van der Waals surface area (Å²) in [5.41, 5.74) is 7.24. The molecular weight excluding hydrogens is 627 g/mol. The smallest absolute Gasteiger partial charge is 0.388 e. The Balaban J connectivity index is 1.14. The van der Waals surface area contributed by atoms with E-state index in [0.29, 0.717) is 0 Å².